The van der Waals surface area contributed by atoms with Crippen molar-refractivity contribution in [1.29, 1.82) is 0 Å². The highest BCUT2D eigenvalue weighted by Crippen LogP contribution is 2.27. The van der Waals surface area contributed by atoms with Gasteiger partial charge >= 0.3 is 0 Å². The maximum absolute atomic E-state index is 10.1. The summed E-state index contributed by atoms with van der Waals surface area (Å²) in [5.41, 5.74) is 0.651. The van der Waals surface area contributed by atoms with Gasteiger partial charge in [-0.3, -0.25) is 4.90 Å². The lowest BCUT2D eigenvalue weighted by atomic mass is 9.95. The van der Waals surface area contributed by atoms with Gasteiger partial charge < -0.3 is 9.67 Å². The van der Waals surface area contributed by atoms with Gasteiger partial charge in [-0.1, -0.05) is 6.92 Å². The number of hydrogen-bond donors (Lipinski definition) is 1. The number of nitrogens with zero attached hydrogens (tertiary/aromatic N) is 3. The van der Waals surface area contributed by atoms with Crippen LogP contribution in [0.3, 0.4) is 0 Å². The van der Waals surface area contributed by atoms with Gasteiger partial charge in [0.15, 0.2) is 0 Å². The second kappa shape index (κ2) is 3.61. The Hall–Kier alpha value is -0.870. The molecule has 0 aliphatic carbocycles. The predicted molar refractivity (Wildman–Crippen MR) is 58.3 cm³/mol. The first-order valence-electron chi connectivity index (χ1n) is 5.39. The van der Waals surface area contributed by atoms with Crippen LogP contribution < -0.4 is 0 Å². The monoisotopic (exact) mass is 209 g/mol. The first kappa shape index (κ1) is 10.6. The molecule has 0 aromatic carbocycles. The van der Waals surface area contributed by atoms with Crippen molar-refractivity contribution in [2.24, 2.45) is 13.0 Å². The summed E-state index contributed by atoms with van der Waals surface area (Å²) < 4.78 is 2.03. The van der Waals surface area contributed by atoms with Crippen LogP contribution in [0.4, 0.5) is 0 Å². The summed E-state index contributed by atoms with van der Waals surface area (Å²) in [6.45, 7) is 6.60. The molecule has 84 valence electrons. The molecule has 15 heavy (non-hydrogen) atoms. The van der Waals surface area contributed by atoms with Crippen LogP contribution in [0.2, 0.25) is 0 Å². The molecule has 1 aromatic heterocycles. The fourth-order valence-electron chi connectivity index (χ4n) is 2.14. The van der Waals surface area contributed by atoms with Crippen molar-refractivity contribution in [3.05, 3.63) is 18.2 Å². The van der Waals surface area contributed by atoms with E-state index >= 15 is 0 Å². The Morgan fingerprint density at radius 3 is 2.87 bits per heavy atom. The maximum atomic E-state index is 10.1. The van der Waals surface area contributed by atoms with Crippen LogP contribution >= 0.6 is 0 Å². The van der Waals surface area contributed by atoms with Gasteiger partial charge in [0.1, 0.15) is 0 Å². The van der Waals surface area contributed by atoms with E-state index in [2.05, 4.69) is 16.8 Å². The standard InChI is InChI=1S/C11H19N3O/c1-9-5-14(7-11(9,2)15)6-10-4-12-8-13(10)3/h4,8-9,15H,5-7H2,1-3H3/t9-,11+/m1/s1. The summed E-state index contributed by atoms with van der Waals surface area (Å²) >= 11 is 0. The highest BCUT2D eigenvalue weighted by molar-refractivity contribution is 5.00. The minimum atomic E-state index is -0.543. The Bertz CT molecular complexity index is 345. The first-order chi connectivity index (χ1) is 6.99. The molecule has 1 N–H and O–H groups in total. The summed E-state index contributed by atoms with van der Waals surface area (Å²) in [5, 5.41) is 10.1. The van der Waals surface area contributed by atoms with Crippen molar-refractivity contribution in [3.8, 4) is 0 Å². The van der Waals surface area contributed by atoms with E-state index in [1.54, 1.807) is 0 Å². The lowest BCUT2D eigenvalue weighted by Gasteiger charge is -2.20. The lowest BCUT2D eigenvalue weighted by molar-refractivity contribution is 0.0363. The quantitative estimate of drug-likeness (QED) is 0.776. The maximum Gasteiger partial charge on any atom is 0.0945 e. The van der Waals surface area contributed by atoms with Crippen LogP contribution in [-0.4, -0.2) is 38.2 Å². The number of aryl methyl sites for hydroxylation is 1. The number of aliphatic hydroxyl groups is 1. The first-order valence-corrected chi connectivity index (χ1v) is 5.39. The highest BCUT2D eigenvalue weighted by atomic mass is 16.3. The molecule has 0 saturated carbocycles. The number of hydrogen-bond acceptors (Lipinski definition) is 3. The van der Waals surface area contributed by atoms with Crippen LogP contribution in [-0.2, 0) is 13.6 Å². The molecule has 1 fully saturated rings. The van der Waals surface area contributed by atoms with Gasteiger partial charge in [0.05, 0.1) is 17.6 Å². The zero-order valence-corrected chi connectivity index (χ0v) is 9.64. The van der Waals surface area contributed by atoms with Crippen molar-refractivity contribution in [1.82, 2.24) is 14.5 Å². The Kier molecular flexibility index (Phi) is 2.56. The molecule has 1 saturated heterocycles. The summed E-state index contributed by atoms with van der Waals surface area (Å²) in [7, 11) is 2.00. The Morgan fingerprint density at radius 1 is 1.67 bits per heavy atom. The van der Waals surface area contributed by atoms with Gasteiger partial charge in [-0.15, -0.1) is 0 Å². The van der Waals surface area contributed by atoms with Crippen molar-refractivity contribution < 1.29 is 5.11 Å². The van der Waals surface area contributed by atoms with Crippen LogP contribution in [0, 0.1) is 5.92 Å². The van der Waals surface area contributed by atoms with Crippen LogP contribution in [0.1, 0.15) is 19.5 Å². The van der Waals surface area contributed by atoms with E-state index in [4.69, 9.17) is 0 Å². The normalized spacial score (nSPS) is 32.4. The Morgan fingerprint density at radius 2 is 2.40 bits per heavy atom. The zero-order chi connectivity index (χ0) is 11.1. The van der Waals surface area contributed by atoms with E-state index in [1.807, 2.05) is 31.1 Å². The summed E-state index contributed by atoms with van der Waals surface area (Å²) in [4.78, 5) is 6.37. The van der Waals surface area contributed by atoms with Crippen molar-refractivity contribution >= 4 is 0 Å². The van der Waals surface area contributed by atoms with E-state index in [9.17, 15) is 5.11 Å². The van der Waals surface area contributed by atoms with Gasteiger partial charge in [0.2, 0.25) is 0 Å². The zero-order valence-electron chi connectivity index (χ0n) is 9.64. The van der Waals surface area contributed by atoms with Gasteiger partial charge in [0, 0.05) is 32.9 Å². The molecule has 4 nitrogen and oxygen atoms in total. The second-order valence-corrected chi connectivity index (χ2v) is 4.92. The van der Waals surface area contributed by atoms with E-state index in [0.717, 1.165) is 19.6 Å². The Labute approximate surface area is 90.5 Å². The smallest absolute Gasteiger partial charge is 0.0945 e. The average molecular weight is 209 g/mol. The summed E-state index contributed by atoms with van der Waals surface area (Å²) in [6, 6.07) is 0. The number of β-amino-alcohol motifs (C(OH)–C–C–N with tert-alkyl or cyclic N) is 1. The van der Waals surface area contributed by atoms with Crippen LogP contribution in [0.15, 0.2) is 12.5 Å². The van der Waals surface area contributed by atoms with Gasteiger partial charge in [-0.05, 0) is 12.8 Å². The topological polar surface area (TPSA) is 41.3 Å². The molecule has 0 bridgehead atoms. The van der Waals surface area contributed by atoms with E-state index in [1.165, 1.54) is 5.69 Å². The molecule has 2 heterocycles. The van der Waals surface area contributed by atoms with Crippen molar-refractivity contribution in [2.75, 3.05) is 13.1 Å². The average Bonchev–Trinajstić information content (AvgIpc) is 2.60. The molecule has 0 spiro atoms. The van der Waals surface area contributed by atoms with E-state index in [-0.39, 0.29) is 0 Å². The minimum Gasteiger partial charge on any atom is -0.389 e. The highest BCUT2D eigenvalue weighted by Gasteiger charge is 2.38. The molecule has 2 atom stereocenters. The molecule has 0 radical (unpaired) electrons. The molecule has 0 unspecified atom stereocenters. The third-order valence-electron chi connectivity index (χ3n) is 3.44. The number of imidazole rings is 1. The fraction of sp³-hybridized carbons (Fsp3) is 0.727. The summed E-state index contributed by atoms with van der Waals surface area (Å²) in [5.74, 6) is 0.339. The van der Waals surface area contributed by atoms with Gasteiger partial charge in [0.25, 0.3) is 0 Å². The molecular weight excluding hydrogens is 190 g/mol. The SMILES string of the molecule is C[C@@H]1CN(Cc2cncn2C)C[C@]1(C)O. The van der Waals surface area contributed by atoms with E-state index in [0.29, 0.717) is 5.92 Å². The molecule has 2 rings (SSSR count). The third-order valence-corrected chi connectivity index (χ3v) is 3.44. The molecule has 1 aliphatic rings. The molecule has 4 heteroatoms. The van der Waals surface area contributed by atoms with Crippen molar-refractivity contribution in [3.63, 3.8) is 0 Å². The van der Waals surface area contributed by atoms with Crippen LogP contribution in [0.25, 0.3) is 0 Å². The largest absolute Gasteiger partial charge is 0.389 e. The number of aromatic nitrogens is 2. The number of rotatable bonds is 2. The second-order valence-electron chi connectivity index (χ2n) is 4.92. The molecule has 0 amide bonds. The molecule has 1 aliphatic heterocycles. The van der Waals surface area contributed by atoms with Crippen LogP contribution in [0.5, 0.6) is 0 Å². The minimum absolute atomic E-state index is 0.339. The number of likely N-dealkylation sites (tertiary alicyclic amines) is 1. The Balaban J connectivity index is 2.01. The van der Waals surface area contributed by atoms with Gasteiger partial charge in [-0.25, -0.2) is 4.98 Å². The third kappa shape index (κ3) is 2.06. The molecular formula is C11H19N3O. The van der Waals surface area contributed by atoms with E-state index < -0.39 is 5.60 Å². The predicted octanol–water partition coefficient (Wildman–Crippen LogP) is 0.623. The van der Waals surface area contributed by atoms with Gasteiger partial charge in [-0.2, -0.15) is 0 Å². The lowest BCUT2D eigenvalue weighted by Crippen LogP contribution is -2.33. The summed E-state index contributed by atoms with van der Waals surface area (Å²) in [6.07, 6.45) is 3.70. The molecule has 1 aromatic rings. The fourth-order valence-corrected chi connectivity index (χ4v) is 2.14. The van der Waals surface area contributed by atoms with Crippen molar-refractivity contribution in [2.45, 2.75) is 26.0 Å².